The second kappa shape index (κ2) is 5.88. The first-order valence-corrected chi connectivity index (χ1v) is 7.80. The minimum Gasteiger partial charge on any atom is -0.366 e. The number of carbonyl (C=O) groups excluding carboxylic acids is 2. The lowest BCUT2D eigenvalue weighted by Crippen LogP contribution is -2.36. The fraction of sp³-hybridized carbons (Fsp3) is 0.263. The minimum atomic E-state index is -0.472. The Morgan fingerprint density at radius 1 is 1.09 bits per heavy atom. The molecule has 118 valence electrons. The van der Waals surface area contributed by atoms with E-state index < -0.39 is 5.91 Å². The van der Waals surface area contributed by atoms with Crippen LogP contribution in [-0.4, -0.2) is 18.4 Å². The van der Waals surface area contributed by atoms with E-state index in [2.05, 4.69) is 6.07 Å². The molecule has 0 fully saturated rings. The number of anilines is 1. The number of fused-ring (bicyclic) bond motifs is 1. The predicted octanol–water partition coefficient (Wildman–Crippen LogP) is 3.00. The summed E-state index contributed by atoms with van der Waals surface area (Å²) in [7, 11) is 0. The molecule has 0 atom stereocenters. The van der Waals surface area contributed by atoms with E-state index in [1.165, 1.54) is 5.56 Å². The van der Waals surface area contributed by atoms with E-state index in [0.29, 0.717) is 17.7 Å². The lowest BCUT2D eigenvalue weighted by molar-refractivity contribution is 0.0978. The molecule has 1 heterocycles. The molecule has 1 aliphatic heterocycles. The van der Waals surface area contributed by atoms with Crippen molar-refractivity contribution in [2.75, 3.05) is 11.4 Å². The first kappa shape index (κ1) is 15.3. The summed E-state index contributed by atoms with van der Waals surface area (Å²) < 4.78 is 0. The molecule has 23 heavy (non-hydrogen) atoms. The predicted molar refractivity (Wildman–Crippen MR) is 90.9 cm³/mol. The van der Waals surface area contributed by atoms with Gasteiger partial charge in [0.2, 0.25) is 5.91 Å². The van der Waals surface area contributed by atoms with Crippen LogP contribution in [0, 0.1) is 13.8 Å². The highest BCUT2D eigenvalue weighted by Crippen LogP contribution is 2.31. The van der Waals surface area contributed by atoms with Crippen LogP contribution in [0.2, 0.25) is 0 Å². The zero-order chi connectivity index (χ0) is 16.6. The Balaban J connectivity index is 2.00. The molecule has 2 amide bonds. The van der Waals surface area contributed by atoms with Crippen LogP contribution >= 0.6 is 0 Å². The number of aryl methyl sites for hydroxylation is 3. The molecule has 3 rings (SSSR count). The van der Waals surface area contributed by atoms with E-state index in [1.54, 1.807) is 25.1 Å². The second-order valence-electron chi connectivity index (χ2n) is 6.04. The topological polar surface area (TPSA) is 63.4 Å². The lowest BCUT2D eigenvalue weighted by atomic mass is 9.97. The Labute approximate surface area is 135 Å². The van der Waals surface area contributed by atoms with E-state index in [9.17, 15) is 9.59 Å². The summed E-state index contributed by atoms with van der Waals surface area (Å²) in [6.07, 6.45) is 1.96. The van der Waals surface area contributed by atoms with Crippen molar-refractivity contribution in [1.29, 1.82) is 0 Å². The summed E-state index contributed by atoms with van der Waals surface area (Å²) in [5, 5.41) is 0. The molecule has 4 nitrogen and oxygen atoms in total. The largest absolute Gasteiger partial charge is 0.366 e. The Bertz CT molecular complexity index is 796. The van der Waals surface area contributed by atoms with E-state index in [1.807, 2.05) is 24.0 Å². The van der Waals surface area contributed by atoms with Gasteiger partial charge in [-0.05, 0) is 61.6 Å². The van der Waals surface area contributed by atoms with Crippen LogP contribution in [0.15, 0.2) is 36.4 Å². The van der Waals surface area contributed by atoms with Crippen LogP contribution in [-0.2, 0) is 6.42 Å². The van der Waals surface area contributed by atoms with Gasteiger partial charge in [-0.25, -0.2) is 0 Å². The van der Waals surface area contributed by atoms with Crippen molar-refractivity contribution in [2.24, 2.45) is 5.73 Å². The number of hydrogen-bond donors (Lipinski definition) is 1. The SMILES string of the molecule is Cc1cc(C(=O)N2CCCc3cccc(C)c32)ccc1C(N)=O. The average molecular weight is 308 g/mol. The summed E-state index contributed by atoms with van der Waals surface area (Å²) in [6.45, 7) is 4.55. The van der Waals surface area contributed by atoms with Crippen LogP contribution < -0.4 is 10.6 Å². The summed E-state index contributed by atoms with van der Waals surface area (Å²) in [5.41, 5.74) is 10.5. The van der Waals surface area contributed by atoms with Crippen molar-refractivity contribution in [1.82, 2.24) is 0 Å². The highest BCUT2D eigenvalue weighted by atomic mass is 16.2. The van der Waals surface area contributed by atoms with Crippen LogP contribution in [0.3, 0.4) is 0 Å². The van der Waals surface area contributed by atoms with Gasteiger partial charge in [0, 0.05) is 17.7 Å². The zero-order valence-corrected chi connectivity index (χ0v) is 13.4. The molecule has 0 unspecified atom stereocenters. The van der Waals surface area contributed by atoms with Gasteiger partial charge in [0.15, 0.2) is 0 Å². The summed E-state index contributed by atoms with van der Waals surface area (Å²) >= 11 is 0. The number of benzene rings is 2. The average Bonchev–Trinajstić information content (AvgIpc) is 2.53. The Kier molecular flexibility index (Phi) is 3.90. The molecular formula is C19H20N2O2. The smallest absolute Gasteiger partial charge is 0.258 e. The maximum Gasteiger partial charge on any atom is 0.258 e. The fourth-order valence-corrected chi connectivity index (χ4v) is 3.28. The van der Waals surface area contributed by atoms with Crippen molar-refractivity contribution in [3.8, 4) is 0 Å². The van der Waals surface area contributed by atoms with Gasteiger partial charge in [-0.3, -0.25) is 9.59 Å². The van der Waals surface area contributed by atoms with E-state index in [-0.39, 0.29) is 5.91 Å². The Morgan fingerprint density at radius 2 is 1.87 bits per heavy atom. The quantitative estimate of drug-likeness (QED) is 0.927. The molecule has 0 saturated carbocycles. The minimum absolute atomic E-state index is 0.0284. The van der Waals surface area contributed by atoms with Crippen LogP contribution in [0.5, 0.6) is 0 Å². The number of hydrogen-bond acceptors (Lipinski definition) is 2. The molecule has 2 aromatic carbocycles. The number of para-hydroxylation sites is 1. The highest BCUT2D eigenvalue weighted by molar-refractivity contribution is 6.08. The van der Waals surface area contributed by atoms with Gasteiger partial charge in [-0.1, -0.05) is 18.2 Å². The molecule has 0 saturated heterocycles. The van der Waals surface area contributed by atoms with E-state index >= 15 is 0 Å². The number of nitrogens with two attached hydrogens (primary N) is 1. The standard InChI is InChI=1S/C19H20N2O2/c1-12-5-3-6-14-7-4-10-21(17(12)14)19(23)15-8-9-16(18(20)22)13(2)11-15/h3,5-6,8-9,11H,4,7,10H2,1-2H3,(H2,20,22). The van der Waals surface area contributed by atoms with Gasteiger partial charge in [-0.2, -0.15) is 0 Å². The number of amides is 2. The van der Waals surface area contributed by atoms with Gasteiger partial charge in [-0.15, -0.1) is 0 Å². The molecule has 2 N–H and O–H groups in total. The second-order valence-corrected chi connectivity index (χ2v) is 6.04. The van der Waals surface area contributed by atoms with Crippen molar-refractivity contribution in [3.63, 3.8) is 0 Å². The summed E-state index contributed by atoms with van der Waals surface area (Å²) in [4.78, 5) is 26.2. The van der Waals surface area contributed by atoms with Crippen LogP contribution in [0.4, 0.5) is 5.69 Å². The molecule has 0 bridgehead atoms. The number of nitrogens with zero attached hydrogens (tertiary/aromatic N) is 1. The van der Waals surface area contributed by atoms with Gasteiger partial charge >= 0.3 is 0 Å². The zero-order valence-electron chi connectivity index (χ0n) is 13.4. The summed E-state index contributed by atoms with van der Waals surface area (Å²) in [6, 6.07) is 11.2. The maximum absolute atomic E-state index is 13.0. The molecular weight excluding hydrogens is 288 g/mol. The van der Waals surface area contributed by atoms with Crippen LogP contribution in [0.25, 0.3) is 0 Å². The Hall–Kier alpha value is -2.62. The van der Waals surface area contributed by atoms with Gasteiger partial charge in [0.1, 0.15) is 0 Å². The molecule has 0 radical (unpaired) electrons. The fourth-order valence-electron chi connectivity index (χ4n) is 3.28. The third kappa shape index (κ3) is 2.72. The first-order chi connectivity index (χ1) is 11.0. The van der Waals surface area contributed by atoms with Gasteiger partial charge < -0.3 is 10.6 Å². The van der Waals surface area contributed by atoms with Crippen LogP contribution in [0.1, 0.15) is 43.8 Å². The Morgan fingerprint density at radius 3 is 2.57 bits per heavy atom. The van der Waals surface area contributed by atoms with E-state index in [4.69, 9.17) is 5.73 Å². The monoisotopic (exact) mass is 308 g/mol. The normalized spacial score (nSPS) is 13.6. The van der Waals surface area contributed by atoms with E-state index in [0.717, 1.165) is 29.7 Å². The third-order valence-corrected chi connectivity index (χ3v) is 4.40. The number of carbonyl (C=O) groups is 2. The highest BCUT2D eigenvalue weighted by Gasteiger charge is 2.25. The van der Waals surface area contributed by atoms with Gasteiger partial charge in [0.25, 0.3) is 5.91 Å². The van der Waals surface area contributed by atoms with Crippen molar-refractivity contribution < 1.29 is 9.59 Å². The van der Waals surface area contributed by atoms with Crippen molar-refractivity contribution >= 4 is 17.5 Å². The molecule has 4 heteroatoms. The molecule has 1 aliphatic rings. The lowest BCUT2D eigenvalue weighted by Gasteiger charge is -2.31. The number of primary amides is 1. The molecule has 0 spiro atoms. The van der Waals surface area contributed by atoms with Crippen molar-refractivity contribution in [3.05, 3.63) is 64.2 Å². The van der Waals surface area contributed by atoms with Crippen molar-refractivity contribution in [2.45, 2.75) is 26.7 Å². The molecule has 0 aromatic heterocycles. The number of rotatable bonds is 2. The van der Waals surface area contributed by atoms with Gasteiger partial charge in [0.05, 0.1) is 5.69 Å². The molecule has 2 aromatic rings. The first-order valence-electron chi connectivity index (χ1n) is 7.80. The maximum atomic E-state index is 13.0. The summed E-state index contributed by atoms with van der Waals surface area (Å²) in [5.74, 6) is -0.500. The molecule has 0 aliphatic carbocycles. The third-order valence-electron chi connectivity index (χ3n) is 4.40.